The number of halogens is 2. The van der Waals surface area contributed by atoms with Gasteiger partial charge in [-0.05, 0) is 29.1 Å². The first-order chi connectivity index (χ1) is 9.34. The molecule has 5 nitrogen and oxygen atoms in total. The molecule has 0 saturated carbocycles. The molecule has 0 N–H and O–H groups in total. The molecule has 0 fully saturated rings. The highest BCUT2D eigenvalue weighted by molar-refractivity contribution is 6.28. The summed E-state index contributed by atoms with van der Waals surface area (Å²) >= 11 is 6.12. The largest absolute Gasteiger partial charge is 0.280 e. The third kappa shape index (κ3) is 4.01. The van der Waals surface area contributed by atoms with Crippen LogP contribution >= 0.6 is 11.6 Å². The first kappa shape index (κ1) is 14.9. The van der Waals surface area contributed by atoms with Crippen LogP contribution in [0, 0.1) is 10.2 Å². The molecule has 2 heterocycles. The second kappa shape index (κ2) is 5.88. The molecule has 1 aromatic carbocycles. The van der Waals surface area contributed by atoms with Crippen molar-refractivity contribution >= 4 is 27.9 Å². The molecule has 0 bridgehead atoms. The topological polar surface area (TPSA) is 96.3 Å². The molecule has 0 aliphatic heterocycles. The molecule has 0 aliphatic carbocycles. The predicted octanol–water partition coefficient (Wildman–Crippen LogP) is -1.52. The van der Waals surface area contributed by atoms with Crippen molar-refractivity contribution in [2.75, 3.05) is 0 Å². The van der Waals surface area contributed by atoms with E-state index in [2.05, 4.69) is 30.5 Å². The van der Waals surface area contributed by atoms with E-state index in [1.807, 2.05) is 28.7 Å². The lowest BCUT2D eigenvalue weighted by molar-refractivity contribution is -2.00. The van der Waals surface area contributed by atoms with E-state index in [9.17, 15) is 0 Å². The summed E-state index contributed by atoms with van der Waals surface area (Å²) in [4.78, 5) is 0. The Balaban J connectivity index is 0.000000257. The molecule has 0 aliphatic rings. The first-order valence-corrected chi connectivity index (χ1v) is 7.06. The average molecular weight is 314 g/mol. The van der Waals surface area contributed by atoms with Crippen LogP contribution < -0.4 is 23.0 Å². The van der Waals surface area contributed by atoms with E-state index in [1.165, 1.54) is 10.8 Å². The molecule has 104 valence electrons. The lowest BCUT2D eigenvalue weighted by Gasteiger charge is -2.17. The van der Waals surface area contributed by atoms with Crippen LogP contribution in [0.4, 0.5) is 0 Å². The van der Waals surface area contributed by atoms with E-state index < -0.39 is 10.2 Å². The lowest BCUT2D eigenvalue weighted by Crippen LogP contribution is -2.68. The highest BCUT2D eigenvalue weighted by atomic mass is 35.7. The summed E-state index contributed by atoms with van der Waals surface area (Å²) in [6.07, 6.45) is 2.06. The van der Waals surface area contributed by atoms with Gasteiger partial charge in [-0.3, -0.25) is 0 Å². The summed E-state index contributed by atoms with van der Waals surface area (Å²) in [6, 6.07) is 16.3. The van der Waals surface area contributed by atoms with Gasteiger partial charge < -0.3 is 0 Å². The van der Waals surface area contributed by atoms with Gasteiger partial charge in [0.05, 0.1) is 0 Å². The predicted molar refractivity (Wildman–Crippen MR) is 62.1 cm³/mol. The smallest absolute Gasteiger partial charge is 0.222 e. The van der Waals surface area contributed by atoms with Gasteiger partial charge in [0.25, 0.3) is 5.15 Å². The number of pyridine rings is 2. The zero-order valence-corrected chi connectivity index (χ0v) is 11.5. The fourth-order valence-electron chi connectivity index (χ4n) is 1.82. The van der Waals surface area contributed by atoms with E-state index >= 15 is 0 Å². The Morgan fingerprint density at radius 1 is 0.850 bits per heavy atom. The van der Waals surface area contributed by atoms with Crippen LogP contribution in [-0.4, -0.2) is 0 Å². The Hall–Kier alpha value is -1.47. The molecule has 7 heteroatoms. The van der Waals surface area contributed by atoms with Crippen LogP contribution in [0.2, 0.25) is 5.15 Å². The maximum Gasteiger partial charge on any atom is 0.280 e. The number of hydrogen-bond acceptors (Lipinski definition) is 4. The average Bonchev–Trinajstić information content (AvgIpc) is 2.35. The van der Waals surface area contributed by atoms with Gasteiger partial charge in [0.1, 0.15) is 0 Å². The van der Waals surface area contributed by atoms with Gasteiger partial charge in [-0.1, -0.05) is 18.2 Å². The zero-order valence-electron chi connectivity index (χ0n) is 10.0. The Kier molecular flexibility index (Phi) is 4.39. The Morgan fingerprint density at radius 3 is 2.10 bits per heavy atom. The number of rotatable bonds is 0. The van der Waals surface area contributed by atoms with E-state index in [-0.39, 0.29) is 0 Å². The number of nitrogens with zero attached hydrogens (tertiary/aromatic N) is 1. The van der Waals surface area contributed by atoms with Crippen LogP contribution in [0.3, 0.4) is 0 Å². The van der Waals surface area contributed by atoms with Crippen molar-refractivity contribution in [2.24, 2.45) is 0 Å². The summed E-state index contributed by atoms with van der Waals surface area (Å²) in [7, 11) is -4.94. The van der Waals surface area contributed by atoms with E-state index in [1.54, 1.807) is 0 Å². The van der Waals surface area contributed by atoms with Gasteiger partial charge in [0.2, 0.25) is 5.52 Å². The van der Waals surface area contributed by atoms with Crippen molar-refractivity contribution in [3.8, 4) is 0 Å². The SMILES string of the molecule is Clc1cccc2cc3ccccc3c[n+]12.[O-][Cl+3]([O-])([O-])[O-]. The van der Waals surface area contributed by atoms with Crippen molar-refractivity contribution < 1.29 is 33.3 Å². The molecule has 0 amide bonds. The van der Waals surface area contributed by atoms with E-state index in [0.29, 0.717) is 0 Å². The first-order valence-electron chi connectivity index (χ1n) is 5.45. The van der Waals surface area contributed by atoms with Crippen molar-refractivity contribution in [3.05, 3.63) is 59.9 Å². The minimum atomic E-state index is -4.94. The molecule has 0 atom stereocenters. The lowest BCUT2D eigenvalue weighted by atomic mass is 10.1. The molecule has 3 rings (SSSR count). The second-order valence-electron chi connectivity index (χ2n) is 3.92. The van der Waals surface area contributed by atoms with Gasteiger partial charge in [0, 0.05) is 23.6 Å². The standard InChI is InChI=1S/C13H9ClN.ClHO4/c14-13-7-3-6-12-8-10-4-1-2-5-11(10)9-15(12)13;2-1(3,4)5/h1-9H;(H,2,3,4,5)/q+1;/p-1. The summed E-state index contributed by atoms with van der Waals surface area (Å²) < 4.78 is 36.0. The minimum Gasteiger partial charge on any atom is -0.222 e. The molecule has 0 unspecified atom stereocenters. The van der Waals surface area contributed by atoms with Crippen LogP contribution in [0.1, 0.15) is 0 Å². The van der Waals surface area contributed by atoms with Crippen LogP contribution in [0.15, 0.2) is 54.7 Å². The normalized spacial score (nSPS) is 11.2. The molecule has 20 heavy (non-hydrogen) atoms. The molecule has 2 aromatic heterocycles. The van der Waals surface area contributed by atoms with E-state index in [0.717, 1.165) is 10.7 Å². The summed E-state index contributed by atoms with van der Waals surface area (Å²) in [5.41, 5.74) is 1.11. The monoisotopic (exact) mass is 313 g/mol. The fourth-order valence-corrected chi connectivity index (χ4v) is 2.04. The molecule has 3 aromatic rings. The van der Waals surface area contributed by atoms with Gasteiger partial charge in [-0.2, -0.15) is 0 Å². The fraction of sp³-hybridized carbons (Fsp3) is 0. The van der Waals surface area contributed by atoms with Gasteiger partial charge in [-0.25, -0.2) is 18.6 Å². The summed E-state index contributed by atoms with van der Waals surface area (Å²) in [6.45, 7) is 0. The number of hydrogen-bond donors (Lipinski definition) is 0. The number of benzene rings is 1. The van der Waals surface area contributed by atoms with Crippen molar-refractivity contribution in [3.63, 3.8) is 0 Å². The van der Waals surface area contributed by atoms with Crippen LogP contribution in [0.5, 0.6) is 0 Å². The third-order valence-electron chi connectivity index (χ3n) is 2.58. The number of aromatic nitrogens is 1. The van der Waals surface area contributed by atoms with E-state index in [4.69, 9.17) is 30.2 Å². The maximum absolute atomic E-state index is 8.49. The van der Waals surface area contributed by atoms with Crippen LogP contribution in [-0.2, 0) is 0 Å². The van der Waals surface area contributed by atoms with Gasteiger partial charge >= 0.3 is 0 Å². The van der Waals surface area contributed by atoms with Crippen LogP contribution in [0.25, 0.3) is 16.3 Å². The molecule has 0 spiro atoms. The summed E-state index contributed by atoms with van der Waals surface area (Å²) in [5.74, 6) is 0. The van der Waals surface area contributed by atoms with Crippen molar-refractivity contribution in [2.45, 2.75) is 0 Å². The molecule has 0 radical (unpaired) electrons. The number of fused-ring (bicyclic) bond motifs is 2. The quantitative estimate of drug-likeness (QED) is 0.286. The summed E-state index contributed by atoms with van der Waals surface area (Å²) in [5, 5.41) is 3.17. The molecular formula is C13H9Cl2NO4. The van der Waals surface area contributed by atoms with Gasteiger partial charge in [0.15, 0.2) is 6.20 Å². The Bertz CT molecular complexity index is 737. The van der Waals surface area contributed by atoms with Gasteiger partial charge in [-0.15, -0.1) is 14.6 Å². The third-order valence-corrected chi connectivity index (χ3v) is 2.88. The van der Waals surface area contributed by atoms with Crippen molar-refractivity contribution in [1.29, 1.82) is 0 Å². The minimum absolute atomic E-state index is 0.734. The van der Waals surface area contributed by atoms with Crippen molar-refractivity contribution in [1.82, 2.24) is 0 Å². The molecular weight excluding hydrogens is 305 g/mol. The second-order valence-corrected chi connectivity index (χ2v) is 5.07. The maximum atomic E-state index is 8.49. The Labute approximate surface area is 121 Å². The zero-order chi connectivity index (χ0) is 14.8. The Morgan fingerprint density at radius 2 is 1.45 bits per heavy atom. The highest BCUT2D eigenvalue weighted by Gasteiger charge is 2.08. The molecule has 0 saturated heterocycles. The highest BCUT2D eigenvalue weighted by Crippen LogP contribution is 2.14.